The highest BCUT2D eigenvalue weighted by Crippen LogP contribution is 2.21. The van der Waals surface area contributed by atoms with Crippen LogP contribution in [0.3, 0.4) is 0 Å². The molecule has 0 unspecified atom stereocenters. The van der Waals surface area contributed by atoms with Gasteiger partial charge in [0.15, 0.2) is 11.0 Å². The minimum Gasteiger partial charge on any atom is -0.231 e. The number of thioether (sulfide) groups is 1. The number of hydrogen-bond acceptors (Lipinski definition) is 1. The third-order valence-corrected chi connectivity index (χ3v) is 3.54. The lowest BCUT2D eigenvalue weighted by Gasteiger charge is -2.05. The van der Waals surface area contributed by atoms with Crippen molar-refractivity contribution in [2.75, 3.05) is 5.75 Å². The zero-order valence-corrected chi connectivity index (χ0v) is 8.10. The fraction of sp³-hybridized carbons (Fsp3) is 0.300. The van der Waals surface area contributed by atoms with Gasteiger partial charge in [0.05, 0.1) is 6.54 Å². The van der Waals surface area contributed by atoms with Crippen LogP contribution in [0.25, 0.3) is 11.0 Å². The van der Waals surface area contributed by atoms with E-state index in [1.54, 1.807) is 0 Å². The van der Waals surface area contributed by atoms with E-state index in [2.05, 4.69) is 33.8 Å². The molecule has 1 N–H and O–H groups in total. The van der Waals surface area contributed by atoms with Gasteiger partial charge in [-0.1, -0.05) is 12.1 Å². The Kier molecular flexibility index (Phi) is 1.59. The molecule has 0 saturated heterocycles. The molecule has 0 fully saturated rings. The monoisotopic (exact) mass is 191 g/mol. The number of H-pyrrole nitrogens is 1. The van der Waals surface area contributed by atoms with Gasteiger partial charge in [-0.3, -0.25) is 0 Å². The summed E-state index contributed by atoms with van der Waals surface area (Å²) in [6, 6.07) is 8.50. The van der Waals surface area contributed by atoms with Crippen LogP contribution in [-0.4, -0.2) is 10.7 Å². The van der Waals surface area contributed by atoms with E-state index in [0.29, 0.717) is 0 Å². The van der Waals surface area contributed by atoms with Gasteiger partial charge in [0.1, 0.15) is 0 Å². The summed E-state index contributed by atoms with van der Waals surface area (Å²) in [6.07, 6.45) is 1.28. The maximum atomic E-state index is 3.44. The lowest BCUT2D eigenvalue weighted by Crippen LogP contribution is -2.37. The Labute approximate surface area is 81.0 Å². The van der Waals surface area contributed by atoms with Gasteiger partial charge in [0.2, 0.25) is 0 Å². The van der Waals surface area contributed by atoms with E-state index in [1.807, 2.05) is 11.8 Å². The average molecular weight is 191 g/mol. The van der Waals surface area contributed by atoms with E-state index in [-0.39, 0.29) is 0 Å². The van der Waals surface area contributed by atoms with Crippen LogP contribution in [0.1, 0.15) is 6.42 Å². The molecule has 2 nitrogen and oxygen atoms in total. The number of fused-ring (bicyclic) bond motifs is 3. The summed E-state index contributed by atoms with van der Waals surface area (Å²) in [7, 11) is 0. The molecule has 1 aromatic carbocycles. The SMILES string of the molecule is c1ccc2c(c1)[nH]c1[n+]2CCCS1. The van der Waals surface area contributed by atoms with Crippen molar-refractivity contribution in [3.63, 3.8) is 0 Å². The Bertz CT molecular complexity index is 447. The molecule has 1 aromatic heterocycles. The third kappa shape index (κ3) is 1.07. The van der Waals surface area contributed by atoms with Crippen molar-refractivity contribution in [2.45, 2.75) is 18.1 Å². The quantitative estimate of drug-likeness (QED) is 0.631. The number of para-hydroxylation sites is 2. The molecule has 0 amide bonds. The first-order valence-electron chi connectivity index (χ1n) is 4.58. The van der Waals surface area contributed by atoms with Gasteiger partial charge in [-0.25, -0.2) is 9.55 Å². The van der Waals surface area contributed by atoms with Gasteiger partial charge >= 0.3 is 5.16 Å². The topological polar surface area (TPSA) is 19.7 Å². The maximum Gasteiger partial charge on any atom is 0.316 e. The standard InChI is InChI=1S/C10H10N2S/c1-2-5-9-8(4-1)11-10-12(9)6-3-7-13-10/h1-2,4-5H,3,6-7H2/p+1. The summed E-state index contributed by atoms with van der Waals surface area (Å²) in [5, 5.41) is 1.31. The molecule has 2 heterocycles. The van der Waals surface area contributed by atoms with Gasteiger partial charge < -0.3 is 0 Å². The fourth-order valence-corrected chi connectivity index (χ4v) is 2.83. The largest absolute Gasteiger partial charge is 0.316 e. The Morgan fingerprint density at radius 1 is 1.31 bits per heavy atom. The number of nitrogens with one attached hydrogen (secondary N) is 1. The smallest absolute Gasteiger partial charge is 0.231 e. The number of aryl methyl sites for hydroxylation is 1. The molecule has 2 aromatic rings. The van der Waals surface area contributed by atoms with E-state index in [4.69, 9.17) is 0 Å². The number of rotatable bonds is 0. The van der Waals surface area contributed by atoms with Crippen LogP contribution in [0, 0.1) is 0 Å². The van der Waals surface area contributed by atoms with E-state index >= 15 is 0 Å². The lowest BCUT2D eigenvalue weighted by molar-refractivity contribution is -0.710. The zero-order valence-electron chi connectivity index (χ0n) is 7.29. The Morgan fingerprint density at radius 3 is 3.23 bits per heavy atom. The summed E-state index contributed by atoms with van der Waals surface area (Å²) in [4.78, 5) is 3.44. The van der Waals surface area contributed by atoms with Crippen molar-refractivity contribution in [3.05, 3.63) is 24.3 Å². The van der Waals surface area contributed by atoms with Crippen LogP contribution >= 0.6 is 11.8 Å². The van der Waals surface area contributed by atoms with E-state index in [9.17, 15) is 0 Å². The van der Waals surface area contributed by atoms with Crippen molar-refractivity contribution < 1.29 is 4.57 Å². The Hall–Kier alpha value is -0.960. The summed E-state index contributed by atoms with van der Waals surface area (Å²) in [5.41, 5.74) is 2.59. The molecule has 1 aliphatic heterocycles. The molecule has 0 aliphatic carbocycles. The highest BCUT2D eigenvalue weighted by molar-refractivity contribution is 7.99. The molecular formula is C10H11N2S+. The zero-order chi connectivity index (χ0) is 8.67. The number of benzene rings is 1. The van der Waals surface area contributed by atoms with Crippen molar-refractivity contribution in [2.24, 2.45) is 0 Å². The molecule has 0 atom stereocenters. The molecule has 13 heavy (non-hydrogen) atoms. The number of imidazole rings is 1. The predicted molar refractivity (Wildman–Crippen MR) is 53.8 cm³/mol. The minimum absolute atomic E-state index is 1.16. The van der Waals surface area contributed by atoms with Crippen LogP contribution in [0.5, 0.6) is 0 Å². The van der Waals surface area contributed by atoms with E-state index in [0.717, 1.165) is 6.54 Å². The van der Waals surface area contributed by atoms with Crippen molar-refractivity contribution in [1.82, 2.24) is 4.98 Å². The Balaban J connectivity index is 2.34. The first-order valence-corrected chi connectivity index (χ1v) is 5.57. The van der Waals surface area contributed by atoms with Crippen molar-refractivity contribution in [1.29, 1.82) is 0 Å². The molecule has 66 valence electrons. The molecule has 3 rings (SSSR count). The third-order valence-electron chi connectivity index (χ3n) is 2.45. The van der Waals surface area contributed by atoms with Gasteiger partial charge in [-0.15, -0.1) is 0 Å². The van der Waals surface area contributed by atoms with Gasteiger partial charge in [0, 0.05) is 5.75 Å². The average Bonchev–Trinajstić information content (AvgIpc) is 2.56. The minimum atomic E-state index is 1.16. The van der Waals surface area contributed by atoms with Crippen LogP contribution in [-0.2, 0) is 6.54 Å². The maximum absolute atomic E-state index is 3.44. The first kappa shape index (κ1) is 7.44. The van der Waals surface area contributed by atoms with Crippen LogP contribution < -0.4 is 4.57 Å². The summed E-state index contributed by atoms with van der Waals surface area (Å²) < 4.78 is 2.38. The first-order chi connectivity index (χ1) is 6.45. The predicted octanol–water partition coefficient (Wildman–Crippen LogP) is 1.95. The van der Waals surface area contributed by atoms with Crippen LogP contribution in [0.4, 0.5) is 0 Å². The normalized spacial score (nSPS) is 16.0. The molecule has 0 bridgehead atoms. The second-order valence-electron chi connectivity index (χ2n) is 3.30. The fourth-order valence-electron chi connectivity index (χ4n) is 1.83. The number of aromatic nitrogens is 2. The van der Waals surface area contributed by atoms with Crippen LogP contribution in [0.15, 0.2) is 29.4 Å². The number of aromatic amines is 1. The van der Waals surface area contributed by atoms with Crippen molar-refractivity contribution in [3.8, 4) is 0 Å². The van der Waals surface area contributed by atoms with E-state index in [1.165, 1.54) is 28.4 Å². The number of nitrogens with zero attached hydrogens (tertiary/aromatic N) is 1. The highest BCUT2D eigenvalue weighted by Gasteiger charge is 2.21. The van der Waals surface area contributed by atoms with Crippen LogP contribution in [0.2, 0.25) is 0 Å². The molecule has 3 heteroatoms. The number of hydrogen-bond donors (Lipinski definition) is 1. The lowest BCUT2D eigenvalue weighted by atomic mass is 10.3. The molecule has 1 aliphatic rings. The van der Waals surface area contributed by atoms with Gasteiger partial charge in [0.25, 0.3) is 0 Å². The molecular weight excluding hydrogens is 180 g/mol. The summed E-state index contributed by atoms with van der Waals surface area (Å²) in [6.45, 7) is 1.16. The van der Waals surface area contributed by atoms with Crippen molar-refractivity contribution >= 4 is 22.8 Å². The molecule has 0 spiro atoms. The second-order valence-corrected chi connectivity index (χ2v) is 4.38. The van der Waals surface area contributed by atoms with Gasteiger partial charge in [-0.2, -0.15) is 0 Å². The molecule has 0 saturated carbocycles. The van der Waals surface area contributed by atoms with Gasteiger partial charge in [-0.05, 0) is 30.3 Å². The Morgan fingerprint density at radius 2 is 2.23 bits per heavy atom. The summed E-state index contributed by atoms with van der Waals surface area (Å²) in [5.74, 6) is 1.24. The second kappa shape index (κ2) is 2.77. The summed E-state index contributed by atoms with van der Waals surface area (Å²) >= 11 is 1.92. The van der Waals surface area contributed by atoms with E-state index < -0.39 is 0 Å². The highest BCUT2D eigenvalue weighted by atomic mass is 32.2. The molecule has 0 radical (unpaired) electrons.